The van der Waals surface area contributed by atoms with Gasteiger partial charge < -0.3 is 0 Å². The lowest BCUT2D eigenvalue weighted by Crippen LogP contribution is -1.94. The molecule has 0 aliphatic rings. The Morgan fingerprint density at radius 2 is 1.75 bits per heavy atom. The van der Waals surface area contributed by atoms with Crippen LogP contribution < -0.4 is 0 Å². The van der Waals surface area contributed by atoms with Crippen LogP contribution in [-0.2, 0) is 0 Å². The van der Waals surface area contributed by atoms with Crippen LogP contribution in [0.4, 0.5) is 5.69 Å². The predicted octanol–water partition coefficient (Wildman–Crippen LogP) is 4.57. The fourth-order valence-electron chi connectivity index (χ4n) is 2.11. The summed E-state index contributed by atoms with van der Waals surface area (Å²) in [6, 6.07) is 16.1. The molecule has 0 fully saturated rings. The van der Waals surface area contributed by atoms with Crippen LogP contribution in [0.15, 0.2) is 59.1 Å². The SMILES string of the molecule is O=[N+]([O-])c1cc(-c2ccccc2Br)nc2ccccc12. The van der Waals surface area contributed by atoms with Crippen molar-refractivity contribution in [2.75, 3.05) is 0 Å². The maximum Gasteiger partial charge on any atom is 0.280 e. The molecule has 0 saturated heterocycles. The summed E-state index contributed by atoms with van der Waals surface area (Å²) in [6.45, 7) is 0. The zero-order chi connectivity index (χ0) is 14.1. The first-order valence-corrected chi connectivity index (χ1v) is 6.75. The highest BCUT2D eigenvalue weighted by atomic mass is 79.9. The lowest BCUT2D eigenvalue weighted by molar-refractivity contribution is -0.383. The summed E-state index contributed by atoms with van der Waals surface area (Å²) < 4.78 is 0.858. The Balaban J connectivity index is 2.33. The number of nitro groups is 1. The van der Waals surface area contributed by atoms with Crippen LogP contribution in [0.5, 0.6) is 0 Å². The zero-order valence-corrected chi connectivity index (χ0v) is 11.9. The van der Waals surface area contributed by atoms with Gasteiger partial charge in [0.05, 0.1) is 21.5 Å². The molecule has 0 aliphatic carbocycles. The van der Waals surface area contributed by atoms with E-state index in [0.29, 0.717) is 16.6 Å². The van der Waals surface area contributed by atoms with Crippen LogP contribution in [0.1, 0.15) is 0 Å². The molecule has 1 aromatic heterocycles. The summed E-state index contributed by atoms with van der Waals surface area (Å²) >= 11 is 3.45. The first-order chi connectivity index (χ1) is 9.66. The van der Waals surface area contributed by atoms with Crippen LogP contribution in [0.25, 0.3) is 22.2 Å². The van der Waals surface area contributed by atoms with Crippen molar-refractivity contribution in [1.29, 1.82) is 0 Å². The molecule has 2 aromatic carbocycles. The smallest absolute Gasteiger partial charge is 0.258 e. The van der Waals surface area contributed by atoms with Gasteiger partial charge in [-0.05, 0) is 18.2 Å². The van der Waals surface area contributed by atoms with E-state index < -0.39 is 0 Å². The van der Waals surface area contributed by atoms with Gasteiger partial charge in [-0.1, -0.05) is 46.3 Å². The van der Waals surface area contributed by atoms with Gasteiger partial charge in [0.15, 0.2) is 0 Å². The van der Waals surface area contributed by atoms with Gasteiger partial charge in [0.25, 0.3) is 5.69 Å². The fourth-order valence-corrected chi connectivity index (χ4v) is 2.60. The number of rotatable bonds is 2. The maximum atomic E-state index is 11.2. The molecule has 3 rings (SSSR count). The number of fused-ring (bicyclic) bond motifs is 1. The second-order valence-corrected chi connectivity index (χ2v) is 5.14. The highest BCUT2D eigenvalue weighted by Gasteiger charge is 2.16. The average Bonchev–Trinajstić information content (AvgIpc) is 2.46. The second-order valence-electron chi connectivity index (χ2n) is 4.28. The Labute approximate surface area is 123 Å². The van der Waals surface area contributed by atoms with Crippen molar-refractivity contribution >= 4 is 32.5 Å². The van der Waals surface area contributed by atoms with E-state index in [1.54, 1.807) is 18.2 Å². The van der Waals surface area contributed by atoms with Crippen molar-refractivity contribution in [1.82, 2.24) is 4.98 Å². The van der Waals surface area contributed by atoms with Gasteiger partial charge in [-0.2, -0.15) is 0 Å². The summed E-state index contributed by atoms with van der Waals surface area (Å²) in [5.74, 6) is 0. The molecule has 3 aromatic rings. The lowest BCUT2D eigenvalue weighted by atomic mass is 10.1. The number of para-hydroxylation sites is 1. The van der Waals surface area contributed by atoms with E-state index in [-0.39, 0.29) is 10.6 Å². The average molecular weight is 329 g/mol. The Bertz CT molecular complexity index is 818. The van der Waals surface area contributed by atoms with E-state index in [1.807, 2.05) is 30.3 Å². The van der Waals surface area contributed by atoms with Gasteiger partial charge >= 0.3 is 0 Å². The molecule has 5 heteroatoms. The third kappa shape index (κ3) is 2.16. The zero-order valence-electron chi connectivity index (χ0n) is 10.3. The van der Waals surface area contributed by atoms with E-state index in [1.165, 1.54) is 6.07 Å². The molecule has 4 nitrogen and oxygen atoms in total. The molecule has 0 saturated carbocycles. The number of aromatic nitrogens is 1. The fraction of sp³-hybridized carbons (Fsp3) is 0. The molecule has 0 amide bonds. The largest absolute Gasteiger partial charge is 0.280 e. The highest BCUT2D eigenvalue weighted by Crippen LogP contribution is 2.32. The molecule has 0 N–H and O–H groups in total. The first-order valence-electron chi connectivity index (χ1n) is 5.96. The van der Waals surface area contributed by atoms with Gasteiger partial charge in [0.1, 0.15) is 0 Å². The van der Waals surface area contributed by atoms with Crippen LogP contribution in [0, 0.1) is 10.1 Å². The van der Waals surface area contributed by atoms with E-state index in [9.17, 15) is 10.1 Å². The summed E-state index contributed by atoms with van der Waals surface area (Å²) in [5.41, 5.74) is 2.11. The number of halogens is 1. The van der Waals surface area contributed by atoms with Gasteiger partial charge in [0, 0.05) is 16.1 Å². The molecule has 0 bridgehead atoms. The van der Waals surface area contributed by atoms with Crippen molar-refractivity contribution in [2.45, 2.75) is 0 Å². The Morgan fingerprint density at radius 1 is 1.05 bits per heavy atom. The van der Waals surface area contributed by atoms with Crippen molar-refractivity contribution in [3.63, 3.8) is 0 Å². The molecule has 98 valence electrons. The molecule has 20 heavy (non-hydrogen) atoms. The van der Waals surface area contributed by atoms with E-state index in [2.05, 4.69) is 20.9 Å². The molecular formula is C15H9BrN2O2. The minimum absolute atomic E-state index is 0.0707. The Morgan fingerprint density at radius 3 is 2.50 bits per heavy atom. The molecule has 1 heterocycles. The molecule has 0 aliphatic heterocycles. The van der Waals surface area contributed by atoms with E-state index in [0.717, 1.165) is 10.0 Å². The lowest BCUT2D eigenvalue weighted by Gasteiger charge is -2.06. The van der Waals surface area contributed by atoms with Crippen molar-refractivity contribution in [2.24, 2.45) is 0 Å². The van der Waals surface area contributed by atoms with Crippen LogP contribution in [0.3, 0.4) is 0 Å². The normalized spacial score (nSPS) is 10.7. The van der Waals surface area contributed by atoms with Gasteiger partial charge in [-0.25, -0.2) is 4.98 Å². The Hall–Kier alpha value is -2.27. The number of pyridine rings is 1. The van der Waals surface area contributed by atoms with Crippen molar-refractivity contribution in [3.05, 3.63) is 69.2 Å². The minimum atomic E-state index is -0.371. The van der Waals surface area contributed by atoms with E-state index >= 15 is 0 Å². The van der Waals surface area contributed by atoms with Gasteiger partial charge in [0.2, 0.25) is 0 Å². The monoisotopic (exact) mass is 328 g/mol. The molecule has 0 spiro atoms. The molecule has 0 radical (unpaired) electrons. The quantitative estimate of drug-likeness (QED) is 0.511. The topological polar surface area (TPSA) is 56.0 Å². The van der Waals surface area contributed by atoms with E-state index in [4.69, 9.17) is 0 Å². The molecule has 0 atom stereocenters. The number of hydrogen-bond acceptors (Lipinski definition) is 3. The second kappa shape index (κ2) is 5.02. The van der Waals surface area contributed by atoms with Crippen LogP contribution >= 0.6 is 15.9 Å². The van der Waals surface area contributed by atoms with Crippen LogP contribution in [0.2, 0.25) is 0 Å². The van der Waals surface area contributed by atoms with Gasteiger partial charge in [-0.3, -0.25) is 10.1 Å². The minimum Gasteiger partial charge on any atom is -0.258 e. The third-order valence-corrected chi connectivity index (χ3v) is 3.73. The van der Waals surface area contributed by atoms with Gasteiger partial charge in [-0.15, -0.1) is 0 Å². The summed E-state index contributed by atoms with van der Waals surface area (Å²) in [4.78, 5) is 15.4. The standard InChI is InChI=1S/C15H9BrN2O2/c16-12-7-3-1-5-10(12)14-9-15(18(19)20)11-6-2-4-8-13(11)17-14/h1-9H. The van der Waals surface area contributed by atoms with Crippen LogP contribution in [-0.4, -0.2) is 9.91 Å². The van der Waals surface area contributed by atoms with Crippen molar-refractivity contribution in [3.8, 4) is 11.3 Å². The summed E-state index contributed by atoms with van der Waals surface area (Å²) in [6.07, 6.45) is 0. The van der Waals surface area contributed by atoms with Crippen molar-refractivity contribution < 1.29 is 4.92 Å². The number of nitrogens with zero attached hydrogens (tertiary/aromatic N) is 2. The number of benzene rings is 2. The summed E-state index contributed by atoms with van der Waals surface area (Å²) in [7, 11) is 0. The molecular weight excluding hydrogens is 320 g/mol. The molecule has 0 unspecified atom stereocenters. The highest BCUT2D eigenvalue weighted by molar-refractivity contribution is 9.10. The number of hydrogen-bond donors (Lipinski definition) is 0. The Kier molecular flexibility index (Phi) is 3.20. The third-order valence-electron chi connectivity index (χ3n) is 3.04. The predicted molar refractivity (Wildman–Crippen MR) is 81.5 cm³/mol. The maximum absolute atomic E-state index is 11.2. The summed E-state index contributed by atoms with van der Waals surface area (Å²) in [5, 5.41) is 11.8. The first kappa shape index (κ1) is 12.7.